The molecule has 3 rings (SSSR count). The molecule has 0 atom stereocenters. The van der Waals surface area contributed by atoms with Crippen LogP contribution < -0.4 is 4.90 Å². The molecule has 6 nitrogen and oxygen atoms in total. The van der Waals surface area contributed by atoms with Crippen LogP contribution in [0.5, 0.6) is 0 Å². The van der Waals surface area contributed by atoms with E-state index in [9.17, 15) is 9.59 Å². The molecule has 0 spiro atoms. The maximum atomic E-state index is 12.4. The van der Waals surface area contributed by atoms with Gasteiger partial charge in [-0.2, -0.15) is 0 Å². The van der Waals surface area contributed by atoms with Gasteiger partial charge in [-0.1, -0.05) is 17.3 Å². The minimum atomic E-state index is -0.229. The van der Waals surface area contributed by atoms with Gasteiger partial charge in [-0.25, -0.2) is 0 Å². The highest BCUT2D eigenvalue weighted by atomic mass is 16.2. The molecule has 6 heteroatoms. The topological polar surface area (TPSA) is 68.1 Å². The van der Waals surface area contributed by atoms with E-state index in [0.29, 0.717) is 24.2 Å². The van der Waals surface area contributed by atoms with Gasteiger partial charge in [0, 0.05) is 25.6 Å². The van der Waals surface area contributed by atoms with Crippen molar-refractivity contribution >= 4 is 17.4 Å². The summed E-state index contributed by atoms with van der Waals surface area (Å²) in [5, 5.41) is 7.58. The van der Waals surface area contributed by atoms with Gasteiger partial charge in [0.2, 0.25) is 0 Å². The lowest BCUT2D eigenvalue weighted by Gasteiger charge is -2.27. The van der Waals surface area contributed by atoms with Crippen molar-refractivity contribution < 1.29 is 9.59 Å². The molecule has 19 heavy (non-hydrogen) atoms. The Morgan fingerprint density at radius 2 is 2.11 bits per heavy atom. The van der Waals surface area contributed by atoms with Gasteiger partial charge in [0.1, 0.15) is 0 Å². The van der Waals surface area contributed by atoms with Gasteiger partial charge in [0.05, 0.1) is 11.9 Å². The van der Waals surface area contributed by atoms with E-state index in [4.69, 9.17) is 0 Å². The van der Waals surface area contributed by atoms with Crippen LogP contribution in [0.1, 0.15) is 27.3 Å². The van der Waals surface area contributed by atoms with E-state index in [-0.39, 0.29) is 17.4 Å². The van der Waals surface area contributed by atoms with Gasteiger partial charge in [0.25, 0.3) is 5.91 Å². The second-order valence-electron chi connectivity index (χ2n) is 4.42. The van der Waals surface area contributed by atoms with Crippen LogP contribution in [0.2, 0.25) is 0 Å². The first-order valence-electron chi connectivity index (χ1n) is 5.97. The van der Waals surface area contributed by atoms with E-state index < -0.39 is 0 Å². The first-order chi connectivity index (χ1) is 9.16. The van der Waals surface area contributed by atoms with E-state index in [2.05, 4.69) is 10.3 Å². The molecule has 0 saturated carbocycles. The van der Waals surface area contributed by atoms with Crippen LogP contribution in [-0.4, -0.2) is 33.2 Å². The molecule has 0 unspecified atom stereocenters. The molecular weight excluding hydrogens is 244 g/mol. The van der Waals surface area contributed by atoms with Gasteiger partial charge >= 0.3 is 0 Å². The normalized spacial score (nSPS) is 14.4. The number of rotatable bonds is 1. The van der Waals surface area contributed by atoms with E-state index in [1.165, 1.54) is 4.68 Å². The average Bonchev–Trinajstić information content (AvgIpc) is 2.86. The van der Waals surface area contributed by atoms with Crippen LogP contribution in [-0.2, 0) is 7.05 Å². The van der Waals surface area contributed by atoms with Crippen molar-refractivity contribution in [3.63, 3.8) is 0 Å². The summed E-state index contributed by atoms with van der Waals surface area (Å²) in [4.78, 5) is 25.8. The molecule has 0 aliphatic carbocycles. The van der Waals surface area contributed by atoms with Crippen LogP contribution >= 0.6 is 0 Å². The summed E-state index contributed by atoms with van der Waals surface area (Å²) in [5.74, 6) is -0.160. The lowest BCUT2D eigenvalue weighted by molar-refractivity contribution is 0.0952. The molecule has 1 aromatic carbocycles. The third kappa shape index (κ3) is 1.91. The first kappa shape index (κ1) is 11.6. The van der Waals surface area contributed by atoms with Crippen LogP contribution in [0.15, 0.2) is 30.5 Å². The number of anilines is 1. The highest BCUT2D eigenvalue weighted by molar-refractivity contribution is 6.12. The van der Waals surface area contributed by atoms with Crippen LogP contribution in [0.3, 0.4) is 0 Å². The Morgan fingerprint density at radius 3 is 2.84 bits per heavy atom. The van der Waals surface area contributed by atoms with Crippen molar-refractivity contribution in [1.82, 2.24) is 15.0 Å². The zero-order valence-electron chi connectivity index (χ0n) is 10.4. The average molecular weight is 256 g/mol. The molecule has 1 aliphatic heterocycles. The molecule has 1 amide bonds. The number of fused-ring (bicyclic) bond motifs is 1. The molecule has 2 heterocycles. The fourth-order valence-corrected chi connectivity index (χ4v) is 2.21. The number of aromatic nitrogens is 3. The molecule has 0 bridgehead atoms. The standard InChI is InChI=1S/C13H12N4O2/c1-16-8-10(14-15-16)13(19)17-7-6-12(18)9-4-2-3-5-11(9)17/h2-5,8H,6-7H2,1H3. The Kier molecular flexibility index (Phi) is 2.63. The monoisotopic (exact) mass is 256 g/mol. The molecule has 96 valence electrons. The number of benzene rings is 1. The van der Waals surface area contributed by atoms with Crippen LogP contribution in [0.25, 0.3) is 0 Å². The maximum absolute atomic E-state index is 12.4. The summed E-state index contributed by atoms with van der Waals surface area (Å²) in [6.45, 7) is 0.380. The number of hydrogen-bond donors (Lipinski definition) is 0. The Morgan fingerprint density at radius 1 is 1.32 bits per heavy atom. The molecule has 0 saturated heterocycles. The maximum Gasteiger partial charge on any atom is 0.280 e. The number of Topliss-reactive ketones (excluding diaryl/α,β-unsaturated/α-hetero) is 1. The summed E-state index contributed by atoms with van der Waals surface area (Å²) in [6.07, 6.45) is 1.91. The quantitative estimate of drug-likeness (QED) is 0.764. The third-order valence-electron chi connectivity index (χ3n) is 3.12. The predicted molar refractivity (Wildman–Crippen MR) is 68.1 cm³/mol. The third-order valence-corrected chi connectivity index (χ3v) is 3.12. The minimum Gasteiger partial charge on any atom is -0.306 e. The molecule has 2 aromatic rings. The van der Waals surface area contributed by atoms with Gasteiger partial charge < -0.3 is 4.90 Å². The van der Waals surface area contributed by atoms with Crippen molar-refractivity contribution in [2.24, 2.45) is 7.05 Å². The van der Waals surface area contributed by atoms with E-state index in [1.54, 1.807) is 36.3 Å². The van der Waals surface area contributed by atoms with Crippen molar-refractivity contribution in [1.29, 1.82) is 0 Å². The Balaban J connectivity index is 2.01. The van der Waals surface area contributed by atoms with E-state index in [0.717, 1.165) is 0 Å². The van der Waals surface area contributed by atoms with Gasteiger partial charge in [-0.3, -0.25) is 14.3 Å². The summed E-state index contributed by atoms with van der Waals surface area (Å²) < 4.78 is 1.48. The Bertz CT molecular complexity index is 662. The van der Waals surface area contributed by atoms with Crippen molar-refractivity contribution in [2.75, 3.05) is 11.4 Å². The van der Waals surface area contributed by atoms with Crippen molar-refractivity contribution in [3.05, 3.63) is 41.7 Å². The number of nitrogens with zero attached hydrogens (tertiary/aromatic N) is 4. The van der Waals surface area contributed by atoms with Gasteiger partial charge in [0.15, 0.2) is 11.5 Å². The molecule has 0 N–H and O–H groups in total. The molecule has 0 fully saturated rings. The smallest absolute Gasteiger partial charge is 0.280 e. The summed E-state index contributed by atoms with van der Waals surface area (Å²) in [7, 11) is 1.71. The number of carbonyl (C=O) groups excluding carboxylic acids is 2. The zero-order valence-corrected chi connectivity index (χ0v) is 10.4. The van der Waals surface area contributed by atoms with Crippen molar-refractivity contribution in [3.8, 4) is 0 Å². The predicted octanol–water partition coefficient (Wildman–Crippen LogP) is 1.05. The summed E-state index contributed by atoms with van der Waals surface area (Å²) in [5.41, 5.74) is 1.52. The second kappa shape index (κ2) is 4.31. The number of carbonyl (C=O) groups is 2. The lowest BCUT2D eigenvalue weighted by Crippen LogP contribution is -2.37. The van der Waals surface area contributed by atoms with Gasteiger partial charge in [-0.05, 0) is 12.1 Å². The largest absolute Gasteiger partial charge is 0.306 e. The molecule has 1 aliphatic rings. The Labute approximate surface area is 109 Å². The number of hydrogen-bond acceptors (Lipinski definition) is 4. The number of para-hydroxylation sites is 1. The fraction of sp³-hybridized carbons (Fsp3) is 0.231. The van der Waals surface area contributed by atoms with Crippen molar-refractivity contribution in [2.45, 2.75) is 6.42 Å². The SMILES string of the molecule is Cn1cc(C(=O)N2CCC(=O)c3ccccc32)nn1. The number of aryl methyl sites for hydroxylation is 1. The second-order valence-corrected chi connectivity index (χ2v) is 4.42. The first-order valence-corrected chi connectivity index (χ1v) is 5.97. The highest BCUT2D eigenvalue weighted by Crippen LogP contribution is 2.27. The molecular formula is C13H12N4O2. The summed E-state index contributed by atoms with van der Waals surface area (Å²) >= 11 is 0. The summed E-state index contributed by atoms with van der Waals surface area (Å²) in [6, 6.07) is 7.13. The van der Waals surface area contributed by atoms with Crippen LogP contribution in [0.4, 0.5) is 5.69 Å². The molecule has 0 radical (unpaired) electrons. The fourth-order valence-electron chi connectivity index (χ4n) is 2.21. The Hall–Kier alpha value is -2.50. The zero-order chi connectivity index (χ0) is 13.4. The lowest BCUT2D eigenvalue weighted by atomic mass is 10.0. The number of amides is 1. The number of ketones is 1. The molecule has 1 aromatic heterocycles. The van der Waals surface area contributed by atoms with Gasteiger partial charge in [-0.15, -0.1) is 5.10 Å². The van der Waals surface area contributed by atoms with E-state index >= 15 is 0 Å². The highest BCUT2D eigenvalue weighted by Gasteiger charge is 2.28. The van der Waals surface area contributed by atoms with E-state index in [1.807, 2.05) is 6.07 Å². The minimum absolute atomic E-state index is 0.0683. The van der Waals surface area contributed by atoms with Crippen LogP contribution in [0, 0.1) is 0 Å².